The molecule has 1 aliphatic carbocycles. The van der Waals surface area contributed by atoms with Gasteiger partial charge in [-0.1, -0.05) is 55.5 Å². The van der Waals surface area contributed by atoms with E-state index in [0.29, 0.717) is 12.4 Å². The smallest absolute Gasteiger partial charge is 0.205 e. The molecule has 0 unspecified atom stereocenters. The van der Waals surface area contributed by atoms with E-state index in [1.165, 1.54) is 11.1 Å². The monoisotopic (exact) mass is 491 g/mol. The van der Waals surface area contributed by atoms with E-state index in [1.807, 2.05) is 30.4 Å². The largest absolute Gasteiger partial charge is 0.381 e. The van der Waals surface area contributed by atoms with Crippen molar-refractivity contribution in [2.24, 2.45) is 0 Å². The lowest BCUT2D eigenvalue weighted by molar-refractivity contribution is 0.234. The van der Waals surface area contributed by atoms with Crippen molar-refractivity contribution < 1.29 is 4.74 Å². The zero-order chi connectivity index (χ0) is 25.4. The Kier molecular flexibility index (Phi) is 6.10. The molecule has 0 spiro atoms. The number of fused-ring (bicyclic) bond motifs is 2. The Bertz CT molecular complexity index is 1600. The number of aryl methyl sites for hydroxylation is 3. The first-order valence-electron chi connectivity index (χ1n) is 12.7. The molecular formula is C29H29N7O. The predicted molar refractivity (Wildman–Crippen MR) is 144 cm³/mol. The Balaban J connectivity index is 1.42. The predicted octanol–water partition coefficient (Wildman–Crippen LogP) is 5.34. The summed E-state index contributed by atoms with van der Waals surface area (Å²) in [7, 11) is 1.70. The highest BCUT2D eigenvalue weighted by molar-refractivity contribution is 5.81. The van der Waals surface area contributed by atoms with Crippen LogP contribution in [0.3, 0.4) is 0 Å². The Hall–Kier alpha value is -4.17. The minimum absolute atomic E-state index is 0.210. The van der Waals surface area contributed by atoms with E-state index in [-0.39, 0.29) is 6.04 Å². The second-order valence-electron chi connectivity index (χ2n) is 9.39. The molecule has 0 saturated carbocycles. The maximum Gasteiger partial charge on any atom is 0.205 e. The maximum atomic E-state index is 5.17. The molecule has 0 fully saturated rings. The highest BCUT2D eigenvalue weighted by Gasteiger charge is 2.29. The highest BCUT2D eigenvalue weighted by Crippen LogP contribution is 2.40. The SMILES string of the molecule is CCc1nc2c(C)cc(/C=C/COC)nc2n1[C@H]1CCc2cc(-c3ccccc3-c3nn[nH]n3)ccc21. The summed E-state index contributed by atoms with van der Waals surface area (Å²) in [6.07, 6.45) is 6.90. The molecule has 1 N–H and O–H groups in total. The summed E-state index contributed by atoms with van der Waals surface area (Å²) in [5.41, 5.74) is 9.94. The summed E-state index contributed by atoms with van der Waals surface area (Å²) < 4.78 is 7.54. The molecule has 0 amide bonds. The van der Waals surface area contributed by atoms with Crippen LogP contribution in [0.2, 0.25) is 0 Å². The molecule has 6 rings (SSSR count). The Morgan fingerprint density at radius 1 is 1.11 bits per heavy atom. The van der Waals surface area contributed by atoms with Gasteiger partial charge in [-0.05, 0) is 64.9 Å². The summed E-state index contributed by atoms with van der Waals surface area (Å²) in [5.74, 6) is 1.68. The molecule has 37 heavy (non-hydrogen) atoms. The van der Waals surface area contributed by atoms with Gasteiger partial charge in [-0.15, -0.1) is 10.2 Å². The average Bonchev–Trinajstić information content (AvgIpc) is 3.67. The van der Waals surface area contributed by atoms with Crippen LogP contribution in [0.25, 0.3) is 39.8 Å². The molecule has 8 nitrogen and oxygen atoms in total. The number of rotatable bonds is 7. The Morgan fingerprint density at radius 2 is 1.97 bits per heavy atom. The number of hydrogen-bond acceptors (Lipinski definition) is 6. The van der Waals surface area contributed by atoms with Gasteiger partial charge in [-0.25, -0.2) is 9.97 Å². The lowest BCUT2D eigenvalue weighted by Gasteiger charge is -2.18. The molecule has 3 aromatic heterocycles. The molecule has 8 heteroatoms. The quantitative estimate of drug-likeness (QED) is 0.330. The number of aromatic amines is 1. The van der Waals surface area contributed by atoms with Crippen LogP contribution >= 0.6 is 0 Å². The molecule has 1 atom stereocenters. The van der Waals surface area contributed by atoms with E-state index >= 15 is 0 Å². The fraction of sp³-hybridized carbons (Fsp3) is 0.276. The van der Waals surface area contributed by atoms with E-state index in [0.717, 1.165) is 64.2 Å². The van der Waals surface area contributed by atoms with E-state index in [2.05, 4.69) is 69.4 Å². The third-order valence-corrected chi connectivity index (χ3v) is 7.12. The molecule has 186 valence electrons. The maximum absolute atomic E-state index is 5.17. The van der Waals surface area contributed by atoms with Crippen molar-refractivity contribution in [2.75, 3.05) is 13.7 Å². The normalized spacial score (nSPS) is 15.2. The highest BCUT2D eigenvalue weighted by atomic mass is 16.5. The van der Waals surface area contributed by atoms with Gasteiger partial charge in [0.15, 0.2) is 5.65 Å². The fourth-order valence-corrected chi connectivity index (χ4v) is 5.45. The standard InChI is InChI=1S/C29H29N7O/c1-4-26-31-27-18(2)16-21(8-7-15-37-3)30-29(27)36(26)25-14-12-20-17-19(11-13-23(20)25)22-9-5-6-10-24(22)28-32-34-35-33-28/h5-11,13,16-17,25H,4,12,14-15H2,1-3H3,(H,32,33,34,35)/b8-7+/t25-/m0/s1. The Labute approximate surface area is 215 Å². The number of nitrogens with zero attached hydrogens (tertiary/aromatic N) is 6. The number of aromatic nitrogens is 7. The summed E-state index contributed by atoms with van der Waals surface area (Å²) >= 11 is 0. The number of pyridine rings is 1. The number of benzene rings is 2. The second-order valence-corrected chi connectivity index (χ2v) is 9.39. The van der Waals surface area contributed by atoms with Gasteiger partial charge in [0.2, 0.25) is 5.82 Å². The van der Waals surface area contributed by atoms with Crippen LogP contribution in [0.5, 0.6) is 0 Å². The summed E-state index contributed by atoms with van der Waals surface area (Å²) in [6.45, 7) is 4.84. The number of tetrazole rings is 1. The zero-order valence-corrected chi connectivity index (χ0v) is 21.3. The topological polar surface area (TPSA) is 94.4 Å². The van der Waals surface area contributed by atoms with Gasteiger partial charge in [0.05, 0.1) is 18.3 Å². The van der Waals surface area contributed by atoms with Crippen molar-refractivity contribution in [1.29, 1.82) is 0 Å². The summed E-state index contributed by atoms with van der Waals surface area (Å²) in [6, 6.07) is 17.3. The third-order valence-electron chi connectivity index (χ3n) is 7.12. The van der Waals surface area contributed by atoms with Gasteiger partial charge in [0.1, 0.15) is 11.3 Å². The average molecular weight is 492 g/mol. The van der Waals surface area contributed by atoms with Crippen LogP contribution in [0.4, 0.5) is 0 Å². The number of nitrogens with one attached hydrogen (secondary N) is 1. The van der Waals surface area contributed by atoms with E-state index < -0.39 is 0 Å². The zero-order valence-electron chi connectivity index (χ0n) is 21.3. The van der Waals surface area contributed by atoms with Crippen molar-refractivity contribution in [3.63, 3.8) is 0 Å². The number of hydrogen-bond donors (Lipinski definition) is 1. The van der Waals surface area contributed by atoms with Crippen molar-refractivity contribution in [3.05, 3.63) is 82.8 Å². The molecule has 3 heterocycles. The number of methoxy groups -OCH3 is 1. The lowest BCUT2D eigenvalue weighted by Crippen LogP contribution is -2.11. The number of H-pyrrole nitrogens is 1. The van der Waals surface area contributed by atoms with Gasteiger partial charge in [-0.2, -0.15) is 5.21 Å². The number of ether oxygens (including phenoxy) is 1. The van der Waals surface area contributed by atoms with Crippen molar-refractivity contribution >= 4 is 17.2 Å². The molecule has 2 aromatic carbocycles. The first-order chi connectivity index (χ1) is 18.2. The molecule has 1 aliphatic rings. The van der Waals surface area contributed by atoms with Crippen molar-refractivity contribution in [3.8, 4) is 22.5 Å². The Morgan fingerprint density at radius 3 is 2.76 bits per heavy atom. The van der Waals surface area contributed by atoms with E-state index in [1.54, 1.807) is 7.11 Å². The third kappa shape index (κ3) is 4.13. The van der Waals surface area contributed by atoms with Crippen LogP contribution < -0.4 is 0 Å². The van der Waals surface area contributed by atoms with Crippen LogP contribution in [0.15, 0.2) is 54.6 Å². The van der Waals surface area contributed by atoms with Crippen LogP contribution in [0, 0.1) is 6.92 Å². The van der Waals surface area contributed by atoms with Crippen molar-refractivity contribution in [2.45, 2.75) is 39.2 Å². The minimum atomic E-state index is 0.210. The molecule has 0 saturated heterocycles. The van der Waals surface area contributed by atoms with Gasteiger partial charge in [-0.3, -0.25) is 0 Å². The van der Waals surface area contributed by atoms with Gasteiger partial charge < -0.3 is 9.30 Å². The molecular weight excluding hydrogens is 462 g/mol. The van der Waals surface area contributed by atoms with Crippen LogP contribution in [0.1, 0.15) is 47.6 Å². The molecule has 0 radical (unpaired) electrons. The molecule has 0 bridgehead atoms. The van der Waals surface area contributed by atoms with Crippen LogP contribution in [-0.4, -0.2) is 48.9 Å². The second kappa shape index (κ2) is 9.71. The summed E-state index contributed by atoms with van der Waals surface area (Å²) in [4.78, 5) is 10.1. The van der Waals surface area contributed by atoms with Crippen LogP contribution in [-0.2, 0) is 17.6 Å². The van der Waals surface area contributed by atoms with Gasteiger partial charge in [0.25, 0.3) is 0 Å². The molecule has 0 aliphatic heterocycles. The first kappa shape index (κ1) is 23.2. The minimum Gasteiger partial charge on any atom is -0.381 e. The summed E-state index contributed by atoms with van der Waals surface area (Å²) in [5, 5.41) is 14.7. The molecule has 5 aromatic rings. The lowest BCUT2D eigenvalue weighted by atomic mass is 9.96. The fourth-order valence-electron chi connectivity index (χ4n) is 5.45. The van der Waals surface area contributed by atoms with E-state index in [9.17, 15) is 0 Å². The van der Waals surface area contributed by atoms with Gasteiger partial charge in [0, 0.05) is 19.1 Å². The van der Waals surface area contributed by atoms with Gasteiger partial charge >= 0.3 is 0 Å². The van der Waals surface area contributed by atoms with Crippen molar-refractivity contribution in [1.82, 2.24) is 35.2 Å². The van der Waals surface area contributed by atoms with E-state index in [4.69, 9.17) is 14.7 Å². The first-order valence-corrected chi connectivity index (χ1v) is 12.7. The number of imidazole rings is 1.